The first-order chi connectivity index (χ1) is 15.0. The Bertz CT molecular complexity index is 765. The van der Waals surface area contributed by atoms with Crippen LogP contribution in [0, 0.1) is 40.9 Å². The van der Waals surface area contributed by atoms with Gasteiger partial charge in [0.2, 0.25) is 0 Å². The lowest BCUT2D eigenvalue weighted by atomic mass is 9.60. The van der Waals surface area contributed by atoms with Crippen LogP contribution in [0.5, 0.6) is 0 Å². The van der Waals surface area contributed by atoms with Crippen LogP contribution in [0.4, 0.5) is 0 Å². The Hall–Kier alpha value is -0.240. The second-order valence-electron chi connectivity index (χ2n) is 9.66. The van der Waals surface area contributed by atoms with Crippen LogP contribution in [-0.2, 0) is 18.3 Å². The summed E-state index contributed by atoms with van der Waals surface area (Å²) in [7, 11) is -0.431. The van der Waals surface area contributed by atoms with Gasteiger partial charge in [0.15, 0.2) is 8.03 Å². The topological polar surface area (TPSA) is 91.0 Å². The third-order valence-electron chi connectivity index (χ3n) is 8.08. The van der Waals surface area contributed by atoms with Crippen LogP contribution in [0.15, 0.2) is 11.6 Å². The maximum atomic E-state index is 11.4. The van der Waals surface area contributed by atoms with Crippen molar-refractivity contribution < 1.29 is 23.5 Å². The van der Waals surface area contributed by atoms with Crippen molar-refractivity contribution >= 4 is 16.8 Å². The second-order valence-corrected chi connectivity index (χ2v) is 12.8. The van der Waals surface area contributed by atoms with E-state index in [2.05, 4.69) is 24.8 Å². The number of allylic oxidation sites excluding steroid dienone is 1. The molecular formula is C23H37NO5P2. The molecule has 3 aliphatic carbocycles. The summed E-state index contributed by atoms with van der Waals surface area (Å²) in [4.78, 5) is 0. The Balaban J connectivity index is 1.42. The molecule has 6 nitrogen and oxygen atoms in total. The zero-order chi connectivity index (χ0) is 22.0. The van der Waals surface area contributed by atoms with Crippen LogP contribution >= 0.6 is 16.8 Å². The van der Waals surface area contributed by atoms with Crippen molar-refractivity contribution in [1.29, 1.82) is 0 Å². The van der Waals surface area contributed by atoms with Crippen molar-refractivity contribution in [1.82, 2.24) is 0 Å². The lowest BCUT2D eigenvalue weighted by molar-refractivity contribution is -0.0262. The molecule has 1 heterocycles. The van der Waals surface area contributed by atoms with Crippen LogP contribution in [0.3, 0.4) is 0 Å². The predicted octanol–water partition coefficient (Wildman–Crippen LogP) is 3.54. The molecule has 0 amide bonds. The minimum Gasteiger partial charge on any atom is -0.390 e. The molecule has 4 bridgehead atoms. The first-order valence-corrected chi connectivity index (χ1v) is 14.3. The summed E-state index contributed by atoms with van der Waals surface area (Å²) in [5.41, 5.74) is 7.38. The van der Waals surface area contributed by atoms with E-state index in [1.165, 1.54) is 20.0 Å². The highest BCUT2D eigenvalue weighted by molar-refractivity contribution is 7.54. The molecule has 2 saturated carbocycles. The van der Waals surface area contributed by atoms with Crippen LogP contribution in [-0.4, -0.2) is 49.6 Å². The molecule has 4 aliphatic rings. The Labute approximate surface area is 188 Å². The lowest BCUT2D eigenvalue weighted by Crippen LogP contribution is -2.37. The van der Waals surface area contributed by atoms with Gasteiger partial charge in [0, 0.05) is 33.7 Å². The summed E-state index contributed by atoms with van der Waals surface area (Å²) in [6.45, 7) is 3.18. The normalized spacial score (nSPS) is 42.8. The van der Waals surface area contributed by atoms with Gasteiger partial charge in [-0.3, -0.25) is 4.57 Å². The lowest BCUT2D eigenvalue weighted by Gasteiger charge is -2.43. The second kappa shape index (κ2) is 10.4. The van der Waals surface area contributed by atoms with E-state index in [1.54, 1.807) is 5.57 Å². The van der Waals surface area contributed by atoms with E-state index in [9.17, 15) is 9.67 Å². The molecule has 1 aliphatic heterocycles. The molecule has 8 heteroatoms. The highest BCUT2D eigenvalue weighted by Crippen LogP contribution is 2.61. The van der Waals surface area contributed by atoms with Gasteiger partial charge in [-0.05, 0) is 49.9 Å². The summed E-state index contributed by atoms with van der Waals surface area (Å²) in [5, 5.41) is 10.6. The maximum Gasteiger partial charge on any atom is 0.197 e. The highest BCUT2D eigenvalue weighted by atomic mass is 31.2. The number of hydrogen-bond donors (Lipinski definition) is 2. The standard InChI is InChI=1S/C23H37NO5P2/c1-15-18-4-5-19(15)23(7-3-9-24)8-6-16(10-17(18)12-23)21-11-20(25)22(29-21)13-28-30-14-31(26)27-2/h10,15-16,18-22,25,30-31H,4-6,8-9,11-14,24H2,1-2H3/t15-,16?,18-,19?,20+,21+,22+,23?/m0/s1. The van der Waals surface area contributed by atoms with Crippen molar-refractivity contribution in [3.05, 3.63) is 11.6 Å². The van der Waals surface area contributed by atoms with Gasteiger partial charge >= 0.3 is 0 Å². The van der Waals surface area contributed by atoms with E-state index in [1.807, 2.05) is 0 Å². The zero-order valence-corrected chi connectivity index (χ0v) is 20.6. The Morgan fingerprint density at radius 1 is 1.42 bits per heavy atom. The van der Waals surface area contributed by atoms with Crippen molar-refractivity contribution in [2.75, 3.05) is 26.2 Å². The quantitative estimate of drug-likeness (QED) is 0.257. The maximum absolute atomic E-state index is 11.4. The number of hydrogen-bond acceptors (Lipinski definition) is 6. The highest BCUT2D eigenvalue weighted by Gasteiger charge is 2.54. The number of aliphatic hydroxyl groups is 1. The number of fused-ring (bicyclic) bond motifs is 6. The largest absolute Gasteiger partial charge is 0.390 e. The van der Waals surface area contributed by atoms with Gasteiger partial charge in [-0.1, -0.05) is 30.4 Å². The van der Waals surface area contributed by atoms with Gasteiger partial charge in [0.1, 0.15) is 6.10 Å². The Kier molecular flexibility index (Phi) is 7.98. The molecule has 3 N–H and O–H groups in total. The van der Waals surface area contributed by atoms with E-state index in [0.29, 0.717) is 49.1 Å². The molecule has 1 saturated heterocycles. The number of nitrogens with two attached hydrogens (primary N) is 1. The van der Waals surface area contributed by atoms with Crippen LogP contribution in [0.2, 0.25) is 0 Å². The molecule has 5 unspecified atom stereocenters. The first-order valence-electron chi connectivity index (χ1n) is 11.6. The summed E-state index contributed by atoms with van der Waals surface area (Å²) in [6, 6.07) is 0. The van der Waals surface area contributed by atoms with Crippen LogP contribution in [0.1, 0.15) is 45.4 Å². The van der Waals surface area contributed by atoms with E-state index >= 15 is 0 Å². The van der Waals surface area contributed by atoms with Gasteiger partial charge in [0.25, 0.3) is 0 Å². The Morgan fingerprint density at radius 3 is 3.03 bits per heavy atom. The molecule has 10 atom stereocenters. The predicted molar refractivity (Wildman–Crippen MR) is 124 cm³/mol. The molecule has 174 valence electrons. The Morgan fingerprint density at radius 2 is 2.26 bits per heavy atom. The molecular weight excluding hydrogens is 432 g/mol. The van der Waals surface area contributed by atoms with Gasteiger partial charge in [-0.25, -0.2) is 0 Å². The first kappa shape index (κ1) is 23.9. The fourth-order valence-corrected chi connectivity index (χ4v) is 8.30. The molecule has 0 aromatic carbocycles. The van der Waals surface area contributed by atoms with E-state index in [4.69, 9.17) is 19.5 Å². The van der Waals surface area contributed by atoms with Crippen molar-refractivity contribution in [2.24, 2.45) is 34.8 Å². The van der Waals surface area contributed by atoms with Crippen LogP contribution < -0.4 is 5.73 Å². The summed E-state index contributed by atoms with van der Waals surface area (Å²) in [6.07, 6.45) is 8.07. The van der Waals surface area contributed by atoms with Gasteiger partial charge in [0.05, 0.1) is 31.3 Å². The average Bonchev–Trinajstić information content (AvgIpc) is 3.22. The van der Waals surface area contributed by atoms with Crippen LogP contribution in [0.25, 0.3) is 0 Å². The summed E-state index contributed by atoms with van der Waals surface area (Å²) in [5.74, 6) is 9.62. The minimum atomic E-state index is -1.99. The fraction of sp³-hybridized carbons (Fsp3) is 0.826. The summed E-state index contributed by atoms with van der Waals surface area (Å²) >= 11 is 0. The molecule has 0 radical (unpaired) electrons. The molecule has 0 aromatic rings. The number of aliphatic hydroxyl groups excluding tert-OH is 1. The molecule has 31 heavy (non-hydrogen) atoms. The molecule has 3 fully saturated rings. The fourth-order valence-electron chi connectivity index (χ4n) is 6.56. The van der Waals surface area contributed by atoms with Crippen molar-refractivity contribution in [3.63, 3.8) is 0 Å². The minimum absolute atomic E-state index is 0.0187. The number of rotatable bonds is 7. The zero-order valence-electron chi connectivity index (χ0n) is 18.6. The average molecular weight is 469 g/mol. The van der Waals surface area contributed by atoms with Gasteiger partial charge in [-0.15, -0.1) is 0 Å². The molecule has 4 rings (SSSR count). The van der Waals surface area contributed by atoms with E-state index in [-0.39, 0.29) is 26.4 Å². The smallest absolute Gasteiger partial charge is 0.197 e. The summed E-state index contributed by atoms with van der Waals surface area (Å²) < 4.78 is 28.2. The van der Waals surface area contributed by atoms with Crippen molar-refractivity contribution in [2.45, 2.75) is 63.8 Å². The van der Waals surface area contributed by atoms with E-state index in [0.717, 1.165) is 19.3 Å². The SMILES string of the molecule is CO[PH](=O)CPOC[C@H]1O[C@@H](C2C=C3CC(C#CCN)(CC2)C2CC[C@H]3[C@@H]2C)C[C@H]1O. The van der Waals surface area contributed by atoms with Gasteiger partial charge < -0.3 is 24.6 Å². The monoisotopic (exact) mass is 469 g/mol. The van der Waals surface area contributed by atoms with E-state index < -0.39 is 14.1 Å². The third-order valence-corrected chi connectivity index (χ3v) is 10.6. The molecule has 0 spiro atoms. The van der Waals surface area contributed by atoms with Gasteiger partial charge in [-0.2, -0.15) is 0 Å². The third kappa shape index (κ3) is 4.99. The number of ether oxygens (including phenoxy) is 1. The van der Waals surface area contributed by atoms with Crippen molar-refractivity contribution in [3.8, 4) is 11.8 Å². The molecule has 0 aromatic heterocycles.